The molecule has 1 saturated carbocycles. The maximum atomic E-state index is 9.16. The van der Waals surface area contributed by atoms with Crippen LogP contribution in [0.5, 0.6) is 0 Å². The van der Waals surface area contributed by atoms with Crippen molar-refractivity contribution in [2.24, 2.45) is 11.7 Å². The summed E-state index contributed by atoms with van der Waals surface area (Å²) in [6, 6.07) is -0.00176. The largest absolute Gasteiger partial charge is 0.392 e. The molecule has 1 aliphatic carbocycles. The van der Waals surface area contributed by atoms with Crippen molar-refractivity contribution in [3.63, 3.8) is 0 Å². The van der Waals surface area contributed by atoms with Crippen LogP contribution in [0.25, 0.3) is 0 Å². The number of nitrogens with two attached hydrogens (primary N) is 1. The summed E-state index contributed by atoms with van der Waals surface area (Å²) in [5, 5.41) is 9.16. The van der Waals surface area contributed by atoms with Gasteiger partial charge in [0, 0.05) is 6.04 Å². The summed E-state index contributed by atoms with van der Waals surface area (Å²) in [4.78, 5) is 0. The monoisotopic (exact) mass is 157 g/mol. The summed E-state index contributed by atoms with van der Waals surface area (Å²) >= 11 is 0. The predicted molar refractivity (Wildman–Crippen MR) is 46.2 cm³/mol. The van der Waals surface area contributed by atoms with Gasteiger partial charge in [-0.15, -0.1) is 0 Å². The molecule has 1 aliphatic rings. The van der Waals surface area contributed by atoms with E-state index in [2.05, 4.69) is 0 Å². The van der Waals surface area contributed by atoms with E-state index in [1.165, 1.54) is 25.7 Å². The Labute approximate surface area is 68.8 Å². The van der Waals surface area contributed by atoms with Crippen LogP contribution in [0.4, 0.5) is 0 Å². The average molecular weight is 157 g/mol. The van der Waals surface area contributed by atoms with Gasteiger partial charge < -0.3 is 10.8 Å². The van der Waals surface area contributed by atoms with Crippen molar-refractivity contribution in [2.45, 2.75) is 51.2 Å². The van der Waals surface area contributed by atoms with Crippen LogP contribution in [0.1, 0.15) is 39.0 Å². The van der Waals surface area contributed by atoms with Gasteiger partial charge in [0.2, 0.25) is 0 Å². The number of aliphatic hydroxyl groups excluding tert-OH is 1. The molecule has 2 atom stereocenters. The van der Waals surface area contributed by atoms with E-state index in [1.807, 2.05) is 0 Å². The number of aliphatic hydroxyl groups is 1. The molecule has 0 aromatic carbocycles. The van der Waals surface area contributed by atoms with E-state index >= 15 is 0 Å². The van der Waals surface area contributed by atoms with Gasteiger partial charge in [-0.05, 0) is 19.3 Å². The molecule has 0 aliphatic heterocycles. The SMILES string of the molecule is CC(O)C(N)CC1CCCC1. The summed E-state index contributed by atoms with van der Waals surface area (Å²) < 4.78 is 0. The van der Waals surface area contributed by atoms with Crippen LogP contribution in [0, 0.1) is 5.92 Å². The minimum absolute atomic E-state index is 0.00176. The highest BCUT2D eigenvalue weighted by Crippen LogP contribution is 2.28. The fourth-order valence-corrected chi connectivity index (χ4v) is 1.83. The third kappa shape index (κ3) is 2.80. The minimum atomic E-state index is -0.337. The number of hydrogen-bond acceptors (Lipinski definition) is 2. The van der Waals surface area contributed by atoms with Crippen LogP contribution >= 0.6 is 0 Å². The molecule has 66 valence electrons. The van der Waals surface area contributed by atoms with E-state index in [0.29, 0.717) is 0 Å². The average Bonchev–Trinajstić information content (AvgIpc) is 2.39. The first kappa shape index (κ1) is 9.01. The van der Waals surface area contributed by atoms with Crippen molar-refractivity contribution in [2.75, 3.05) is 0 Å². The molecule has 11 heavy (non-hydrogen) atoms. The first-order valence-corrected chi connectivity index (χ1v) is 4.64. The molecule has 3 N–H and O–H groups in total. The van der Waals surface area contributed by atoms with Crippen LogP contribution in [0.15, 0.2) is 0 Å². The normalized spacial score (nSPS) is 25.4. The molecule has 1 fully saturated rings. The van der Waals surface area contributed by atoms with E-state index in [1.54, 1.807) is 6.92 Å². The summed E-state index contributed by atoms with van der Waals surface area (Å²) in [7, 11) is 0. The maximum Gasteiger partial charge on any atom is 0.0663 e. The Kier molecular flexibility index (Phi) is 3.34. The van der Waals surface area contributed by atoms with Gasteiger partial charge in [-0.3, -0.25) is 0 Å². The van der Waals surface area contributed by atoms with Gasteiger partial charge in [0.15, 0.2) is 0 Å². The highest BCUT2D eigenvalue weighted by molar-refractivity contribution is 4.75. The van der Waals surface area contributed by atoms with Gasteiger partial charge >= 0.3 is 0 Å². The van der Waals surface area contributed by atoms with E-state index in [9.17, 15) is 0 Å². The third-order valence-electron chi connectivity index (χ3n) is 2.70. The van der Waals surface area contributed by atoms with E-state index < -0.39 is 0 Å². The zero-order valence-electron chi connectivity index (χ0n) is 7.29. The molecule has 0 spiro atoms. The molecule has 0 aromatic heterocycles. The second-order valence-corrected chi connectivity index (χ2v) is 3.79. The standard InChI is InChI=1S/C9H19NO/c1-7(11)9(10)6-8-4-2-3-5-8/h7-9,11H,2-6,10H2,1H3. The van der Waals surface area contributed by atoms with Crippen molar-refractivity contribution < 1.29 is 5.11 Å². The van der Waals surface area contributed by atoms with Crippen LogP contribution in [-0.2, 0) is 0 Å². The fraction of sp³-hybridized carbons (Fsp3) is 1.00. The molecule has 0 bridgehead atoms. The van der Waals surface area contributed by atoms with Crippen LogP contribution in [0.3, 0.4) is 0 Å². The van der Waals surface area contributed by atoms with Crippen LogP contribution < -0.4 is 5.73 Å². The molecular weight excluding hydrogens is 138 g/mol. The van der Waals surface area contributed by atoms with Gasteiger partial charge in [-0.2, -0.15) is 0 Å². The first-order valence-electron chi connectivity index (χ1n) is 4.64. The first-order chi connectivity index (χ1) is 5.20. The lowest BCUT2D eigenvalue weighted by molar-refractivity contribution is 0.150. The Morgan fingerprint density at radius 1 is 1.45 bits per heavy atom. The number of hydrogen-bond donors (Lipinski definition) is 2. The minimum Gasteiger partial charge on any atom is -0.392 e. The summed E-state index contributed by atoms with van der Waals surface area (Å²) in [5.74, 6) is 0.791. The molecule has 2 nitrogen and oxygen atoms in total. The Morgan fingerprint density at radius 2 is 2.00 bits per heavy atom. The maximum absolute atomic E-state index is 9.16. The van der Waals surface area contributed by atoms with Crippen LogP contribution in [-0.4, -0.2) is 17.3 Å². The number of rotatable bonds is 3. The lowest BCUT2D eigenvalue weighted by Crippen LogP contribution is -2.33. The molecule has 0 heterocycles. The van der Waals surface area contributed by atoms with Gasteiger partial charge in [-0.25, -0.2) is 0 Å². The topological polar surface area (TPSA) is 46.2 Å². The fourth-order valence-electron chi connectivity index (χ4n) is 1.83. The zero-order chi connectivity index (χ0) is 8.27. The van der Waals surface area contributed by atoms with Gasteiger partial charge in [0.1, 0.15) is 0 Å². The zero-order valence-corrected chi connectivity index (χ0v) is 7.29. The molecule has 0 amide bonds. The Morgan fingerprint density at radius 3 is 2.45 bits per heavy atom. The highest BCUT2D eigenvalue weighted by atomic mass is 16.3. The van der Waals surface area contributed by atoms with Crippen molar-refractivity contribution in [3.05, 3.63) is 0 Å². The van der Waals surface area contributed by atoms with Crippen LogP contribution in [0.2, 0.25) is 0 Å². The lowest BCUT2D eigenvalue weighted by Gasteiger charge is -2.18. The van der Waals surface area contributed by atoms with E-state index in [0.717, 1.165) is 12.3 Å². The molecule has 1 rings (SSSR count). The second-order valence-electron chi connectivity index (χ2n) is 3.79. The van der Waals surface area contributed by atoms with E-state index in [-0.39, 0.29) is 12.1 Å². The second kappa shape index (κ2) is 4.07. The summed E-state index contributed by atoms with van der Waals surface area (Å²) in [6.07, 6.45) is 6.03. The van der Waals surface area contributed by atoms with Crippen molar-refractivity contribution in [1.82, 2.24) is 0 Å². The lowest BCUT2D eigenvalue weighted by atomic mass is 9.96. The van der Waals surface area contributed by atoms with Gasteiger partial charge in [-0.1, -0.05) is 25.7 Å². The smallest absolute Gasteiger partial charge is 0.0663 e. The van der Waals surface area contributed by atoms with Gasteiger partial charge in [0.05, 0.1) is 6.10 Å². The Balaban J connectivity index is 2.18. The molecular formula is C9H19NO. The molecule has 0 radical (unpaired) electrons. The highest BCUT2D eigenvalue weighted by Gasteiger charge is 2.19. The molecule has 2 unspecified atom stereocenters. The molecule has 0 saturated heterocycles. The predicted octanol–water partition coefficient (Wildman–Crippen LogP) is 1.27. The van der Waals surface area contributed by atoms with E-state index in [4.69, 9.17) is 10.8 Å². The quantitative estimate of drug-likeness (QED) is 0.648. The molecule has 0 aromatic rings. The van der Waals surface area contributed by atoms with Crippen molar-refractivity contribution in [1.29, 1.82) is 0 Å². The third-order valence-corrected chi connectivity index (χ3v) is 2.70. The van der Waals surface area contributed by atoms with Gasteiger partial charge in [0.25, 0.3) is 0 Å². The molecule has 2 heteroatoms. The Hall–Kier alpha value is -0.0800. The Bertz CT molecular complexity index is 108. The van der Waals surface area contributed by atoms with Crippen molar-refractivity contribution >= 4 is 0 Å². The van der Waals surface area contributed by atoms with Crippen molar-refractivity contribution in [3.8, 4) is 0 Å². The summed E-state index contributed by atoms with van der Waals surface area (Å²) in [6.45, 7) is 1.78. The summed E-state index contributed by atoms with van der Waals surface area (Å²) in [5.41, 5.74) is 5.75.